The van der Waals surface area contributed by atoms with Crippen molar-refractivity contribution >= 4 is 0 Å². The van der Waals surface area contributed by atoms with Crippen LogP contribution in [0.5, 0.6) is 17.2 Å². The fourth-order valence-electron chi connectivity index (χ4n) is 1.97. The molecule has 1 aromatic carbocycles. The molecule has 2 rings (SSSR count). The standard InChI is InChI=1S/C16H23NO3/c1-4-5-6-18-14-8-16-15(19-11-20-16)7-13(14)10-17-9-12(2)3/h4-5,7-8,12,17H,6,9-11H2,1-3H3. The summed E-state index contributed by atoms with van der Waals surface area (Å²) in [6, 6.07) is 3.92. The van der Waals surface area contributed by atoms with Crippen LogP contribution in [0.25, 0.3) is 0 Å². The second kappa shape index (κ2) is 7.20. The first-order chi connectivity index (χ1) is 9.70. The maximum absolute atomic E-state index is 5.80. The molecule has 0 aliphatic carbocycles. The van der Waals surface area contributed by atoms with Crippen LogP contribution in [0.3, 0.4) is 0 Å². The molecule has 0 saturated heterocycles. The molecule has 1 aliphatic heterocycles. The minimum absolute atomic E-state index is 0.284. The Labute approximate surface area is 120 Å². The van der Waals surface area contributed by atoms with Crippen LogP contribution in [0.1, 0.15) is 26.3 Å². The fourth-order valence-corrected chi connectivity index (χ4v) is 1.97. The lowest BCUT2D eigenvalue weighted by atomic mass is 10.1. The quantitative estimate of drug-likeness (QED) is 0.777. The van der Waals surface area contributed by atoms with E-state index in [0.29, 0.717) is 12.5 Å². The van der Waals surface area contributed by atoms with Gasteiger partial charge in [-0.2, -0.15) is 0 Å². The predicted octanol–water partition coefficient (Wildman–Crippen LogP) is 3.12. The summed E-state index contributed by atoms with van der Waals surface area (Å²) in [5.74, 6) is 3.03. The predicted molar refractivity (Wildman–Crippen MR) is 79.4 cm³/mol. The number of nitrogens with one attached hydrogen (secondary N) is 1. The highest BCUT2D eigenvalue weighted by atomic mass is 16.7. The second-order valence-corrected chi connectivity index (χ2v) is 5.22. The lowest BCUT2D eigenvalue weighted by Gasteiger charge is -2.13. The zero-order valence-corrected chi connectivity index (χ0v) is 12.4. The number of ether oxygens (including phenoxy) is 3. The summed E-state index contributed by atoms with van der Waals surface area (Å²) in [4.78, 5) is 0. The third kappa shape index (κ3) is 3.90. The van der Waals surface area contributed by atoms with Crippen LogP contribution in [-0.4, -0.2) is 19.9 Å². The van der Waals surface area contributed by atoms with Gasteiger partial charge < -0.3 is 19.5 Å². The van der Waals surface area contributed by atoms with Crippen LogP contribution in [0.4, 0.5) is 0 Å². The summed E-state index contributed by atoms with van der Waals surface area (Å²) in [5, 5.41) is 3.43. The van der Waals surface area contributed by atoms with E-state index in [-0.39, 0.29) is 6.79 Å². The summed E-state index contributed by atoms with van der Waals surface area (Å²) < 4.78 is 16.6. The molecule has 0 atom stereocenters. The molecule has 1 N–H and O–H groups in total. The number of rotatable bonds is 7. The molecular formula is C16H23NO3. The summed E-state index contributed by atoms with van der Waals surface area (Å²) in [6.45, 7) is 8.95. The van der Waals surface area contributed by atoms with Crippen molar-refractivity contribution in [1.82, 2.24) is 5.32 Å². The molecule has 0 radical (unpaired) electrons. The van der Waals surface area contributed by atoms with Gasteiger partial charge in [-0.3, -0.25) is 0 Å². The Morgan fingerprint density at radius 3 is 2.75 bits per heavy atom. The molecule has 0 bridgehead atoms. The van der Waals surface area contributed by atoms with Gasteiger partial charge in [0.25, 0.3) is 0 Å². The number of hydrogen-bond acceptors (Lipinski definition) is 4. The van der Waals surface area contributed by atoms with E-state index < -0.39 is 0 Å². The van der Waals surface area contributed by atoms with Gasteiger partial charge in [0.05, 0.1) is 0 Å². The van der Waals surface area contributed by atoms with Crippen molar-refractivity contribution in [3.8, 4) is 17.2 Å². The van der Waals surface area contributed by atoms with E-state index in [1.807, 2.05) is 31.2 Å². The minimum Gasteiger partial charge on any atom is -0.489 e. The highest BCUT2D eigenvalue weighted by Crippen LogP contribution is 2.38. The molecule has 20 heavy (non-hydrogen) atoms. The average Bonchev–Trinajstić information content (AvgIpc) is 2.85. The van der Waals surface area contributed by atoms with E-state index in [2.05, 4.69) is 19.2 Å². The van der Waals surface area contributed by atoms with Gasteiger partial charge in [-0.25, -0.2) is 0 Å². The molecule has 1 aromatic rings. The maximum atomic E-state index is 5.80. The molecule has 1 heterocycles. The Morgan fingerprint density at radius 1 is 1.30 bits per heavy atom. The van der Waals surface area contributed by atoms with Crippen molar-refractivity contribution in [1.29, 1.82) is 0 Å². The normalized spacial score (nSPS) is 13.4. The van der Waals surface area contributed by atoms with Gasteiger partial charge in [0.15, 0.2) is 11.5 Å². The summed E-state index contributed by atoms with van der Waals surface area (Å²) in [6.07, 6.45) is 3.96. The first-order valence-electron chi connectivity index (χ1n) is 7.08. The van der Waals surface area contributed by atoms with Crippen LogP contribution in [0.2, 0.25) is 0 Å². The van der Waals surface area contributed by atoms with Crippen LogP contribution < -0.4 is 19.5 Å². The van der Waals surface area contributed by atoms with Gasteiger partial charge in [-0.1, -0.05) is 26.0 Å². The average molecular weight is 277 g/mol. The van der Waals surface area contributed by atoms with Gasteiger partial charge in [0.2, 0.25) is 6.79 Å². The van der Waals surface area contributed by atoms with E-state index >= 15 is 0 Å². The molecule has 4 heteroatoms. The van der Waals surface area contributed by atoms with Gasteiger partial charge in [0, 0.05) is 18.2 Å². The molecule has 0 fully saturated rings. The highest BCUT2D eigenvalue weighted by molar-refractivity contribution is 5.51. The Bertz CT molecular complexity index is 469. The molecule has 0 amide bonds. The number of allylic oxidation sites excluding steroid dienone is 1. The first-order valence-corrected chi connectivity index (χ1v) is 7.08. The number of hydrogen-bond donors (Lipinski definition) is 1. The highest BCUT2D eigenvalue weighted by Gasteiger charge is 2.17. The third-order valence-corrected chi connectivity index (χ3v) is 2.99. The van der Waals surface area contributed by atoms with Crippen LogP contribution >= 0.6 is 0 Å². The topological polar surface area (TPSA) is 39.7 Å². The van der Waals surface area contributed by atoms with Crippen LogP contribution in [0, 0.1) is 5.92 Å². The van der Waals surface area contributed by atoms with Crippen LogP contribution in [0.15, 0.2) is 24.3 Å². The van der Waals surface area contributed by atoms with Crippen molar-refractivity contribution in [3.63, 3.8) is 0 Å². The second-order valence-electron chi connectivity index (χ2n) is 5.22. The Balaban J connectivity index is 2.09. The Hall–Kier alpha value is -1.68. The van der Waals surface area contributed by atoms with Crippen molar-refractivity contribution in [2.24, 2.45) is 5.92 Å². The van der Waals surface area contributed by atoms with E-state index in [4.69, 9.17) is 14.2 Å². The Kier molecular flexibility index (Phi) is 5.30. The van der Waals surface area contributed by atoms with Crippen LogP contribution in [-0.2, 0) is 6.54 Å². The maximum Gasteiger partial charge on any atom is 0.231 e. The first kappa shape index (κ1) is 14.7. The van der Waals surface area contributed by atoms with Gasteiger partial charge in [0.1, 0.15) is 12.4 Å². The molecule has 110 valence electrons. The van der Waals surface area contributed by atoms with Gasteiger partial charge >= 0.3 is 0 Å². The van der Waals surface area contributed by atoms with Crippen molar-refractivity contribution in [3.05, 3.63) is 29.8 Å². The lowest BCUT2D eigenvalue weighted by molar-refractivity contribution is 0.174. The molecule has 0 unspecified atom stereocenters. The molecule has 0 aromatic heterocycles. The molecular weight excluding hydrogens is 254 g/mol. The zero-order chi connectivity index (χ0) is 14.4. The fraction of sp³-hybridized carbons (Fsp3) is 0.500. The molecule has 1 aliphatic rings. The zero-order valence-electron chi connectivity index (χ0n) is 12.4. The SMILES string of the molecule is CC=CCOc1cc2c(cc1CNCC(C)C)OCO2. The number of fused-ring (bicyclic) bond motifs is 1. The van der Waals surface area contributed by atoms with E-state index in [0.717, 1.165) is 35.9 Å². The monoisotopic (exact) mass is 277 g/mol. The minimum atomic E-state index is 0.284. The van der Waals surface area contributed by atoms with E-state index in [9.17, 15) is 0 Å². The summed E-state index contributed by atoms with van der Waals surface area (Å²) in [5.41, 5.74) is 1.10. The molecule has 4 nitrogen and oxygen atoms in total. The van der Waals surface area contributed by atoms with Gasteiger partial charge in [-0.05, 0) is 25.5 Å². The Morgan fingerprint density at radius 2 is 2.05 bits per heavy atom. The lowest BCUT2D eigenvalue weighted by Crippen LogP contribution is -2.19. The number of benzene rings is 1. The van der Waals surface area contributed by atoms with E-state index in [1.54, 1.807) is 0 Å². The van der Waals surface area contributed by atoms with E-state index in [1.165, 1.54) is 0 Å². The summed E-state index contributed by atoms with van der Waals surface area (Å²) in [7, 11) is 0. The largest absolute Gasteiger partial charge is 0.489 e. The third-order valence-electron chi connectivity index (χ3n) is 2.99. The smallest absolute Gasteiger partial charge is 0.231 e. The molecule has 0 spiro atoms. The van der Waals surface area contributed by atoms with Crippen molar-refractivity contribution in [2.45, 2.75) is 27.3 Å². The van der Waals surface area contributed by atoms with Gasteiger partial charge in [-0.15, -0.1) is 0 Å². The molecule has 0 saturated carbocycles. The van der Waals surface area contributed by atoms with Crippen molar-refractivity contribution < 1.29 is 14.2 Å². The van der Waals surface area contributed by atoms with Crippen molar-refractivity contribution in [2.75, 3.05) is 19.9 Å². The summed E-state index contributed by atoms with van der Waals surface area (Å²) >= 11 is 0.